The fourth-order valence-electron chi connectivity index (χ4n) is 3.26. The molecule has 0 atom stereocenters. The summed E-state index contributed by atoms with van der Waals surface area (Å²) in [6.45, 7) is 5.23. The average Bonchev–Trinajstić information content (AvgIpc) is 3.11. The maximum Gasteiger partial charge on any atom is 0.175 e. The molecule has 162 valence electrons. The quantitative estimate of drug-likeness (QED) is 0.227. The molecular formula is C22H30IN5OS. The first-order valence-electron chi connectivity index (χ1n) is 10.6. The van der Waals surface area contributed by atoms with E-state index in [2.05, 4.69) is 61.5 Å². The van der Waals surface area contributed by atoms with Crippen LogP contribution in [-0.2, 0) is 6.54 Å². The Hall–Kier alpha value is -1.39. The van der Waals surface area contributed by atoms with E-state index in [0.29, 0.717) is 0 Å². The van der Waals surface area contributed by atoms with Crippen molar-refractivity contribution in [3.8, 4) is 5.75 Å². The molecule has 0 aliphatic carbocycles. The van der Waals surface area contributed by atoms with Gasteiger partial charge in [0.05, 0.1) is 13.3 Å². The molecule has 0 radical (unpaired) electrons. The number of methoxy groups -OCH3 is 1. The lowest BCUT2D eigenvalue weighted by Gasteiger charge is -2.10. The molecule has 0 aliphatic rings. The highest BCUT2D eigenvalue weighted by atomic mass is 127. The summed E-state index contributed by atoms with van der Waals surface area (Å²) in [5.41, 5.74) is 1.73. The average molecular weight is 539 g/mol. The minimum atomic E-state index is 0.835. The summed E-state index contributed by atoms with van der Waals surface area (Å²) in [6.07, 6.45) is 11.0. The Balaban J connectivity index is 1.63. The van der Waals surface area contributed by atoms with Gasteiger partial charge >= 0.3 is 0 Å². The summed E-state index contributed by atoms with van der Waals surface area (Å²) in [6, 6.07) is 6.11. The Kier molecular flexibility index (Phi) is 9.67. The highest BCUT2D eigenvalue weighted by molar-refractivity contribution is 14.1. The Labute approximate surface area is 196 Å². The fourth-order valence-corrected chi connectivity index (χ4v) is 4.90. The van der Waals surface area contributed by atoms with Crippen molar-refractivity contribution in [2.75, 3.05) is 20.2 Å². The van der Waals surface area contributed by atoms with E-state index >= 15 is 0 Å². The molecule has 0 fully saturated rings. The van der Waals surface area contributed by atoms with E-state index in [1.54, 1.807) is 31.4 Å². The molecule has 0 bridgehead atoms. The van der Waals surface area contributed by atoms with Gasteiger partial charge in [-0.1, -0.05) is 44.4 Å². The number of aryl methyl sites for hydroxylation is 1. The largest absolute Gasteiger partial charge is 0.497 e. The van der Waals surface area contributed by atoms with Gasteiger partial charge in [-0.3, -0.25) is 0 Å². The Morgan fingerprint density at radius 3 is 2.80 bits per heavy atom. The van der Waals surface area contributed by atoms with E-state index in [4.69, 9.17) is 9.72 Å². The van der Waals surface area contributed by atoms with E-state index in [1.165, 1.54) is 35.7 Å². The van der Waals surface area contributed by atoms with Crippen LogP contribution >= 0.6 is 34.4 Å². The standard InChI is InChI=1S/C22H30IN5OS/c1-3-4-5-6-7-11-24-12-8-13-28-21-19(15-25-16-26-21)27-22(28)30-20-14-17(29-2)9-10-18(20)23/h9-10,14-16,24H,3-8,11-13H2,1-2H3. The number of benzene rings is 1. The van der Waals surface area contributed by atoms with E-state index in [1.807, 2.05) is 6.07 Å². The predicted octanol–water partition coefficient (Wildman–Crippen LogP) is 5.54. The number of nitrogens with zero attached hydrogens (tertiary/aromatic N) is 4. The SMILES string of the molecule is CCCCCCCNCCCn1c(Sc2cc(OC)ccc2I)nc2cncnc21. The van der Waals surface area contributed by atoms with Crippen molar-refractivity contribution in [3.05, 3.63) is 34.3 Å². The van der Waals surface area contributed by atoms with Crippen LogP contribution in [0, 0.1) is 3.57 Å². The van der Waals surface area contributed by atoms with Gasteiger partial charge < -0.3 is 14.6 Å². The Bertz CT molecular complexity index is 933. The summed E-state index contributed by atoms with van der Waals surface area (Å²) in [5, 5.41) is 4.52. The molecule has 30 heavy (non-hydrogen) atoms. The second-order valence-corrected chi connectivity index (χ2v) is 9.37. The van der Waals surface area contributed by atoms with Gasteiger partial charge in [0.1, 0.15) is 17.6 Å². The first-order chi connectivity index (χ1) is 14.7. The molecule has 0 spiro atoms. The van der Waals surface area contributed by atoms with Crippen molar-refractivity contribution in [1.82, 2.24) is 24.8 Å². The van der Waals surface area contributed by atoms with Crippen LogP contribution in [0.1, 0.15) is 45.4 Å². The number of rotatable bonds is 13. The van der Waals surface area contributed by atoms with E-state index in [-0.39, 0.29) is 0 Å². The number of aromatic nitrogens is 4. The number of unbranched alkanes of at least 4 members (excludes halogenated alkanes) is 4. The second-order valence-electron chi connectivity index (χ2n) is 7.19. The maximum absolute atomic E-state index is 5.40. The molecule has 2 heterocycles. The molecule has 1 aromatic carbocycles. The van der Waals surface area contributed by atoms with E-state index < -0.39 is 0 Å². The summed E-state index contributed by atoms with van der Waals surface area (Å²) in [4.78, 5) is 14.6. The van der Waals surface area contributed by atoms with Crippen LogP contribution in [0.2, 0.25) is 0 Å². The van der Waals surface area contributed by atoms with Crippen LogP contribution < -0.4 is 10.1 Å². The summed E-state index contributed by atoms with van der Waals surface area (Å²) in [5.74, 6) is 0.850. The zero-order valence-electron chi connectivity index (χ0n) is 17.7. The third kappa shape index (κ3) is 6.55. The van der Waals surface area contributed by atoms with E-state index in [0.717, 1.165) is 53.0 Å². The van der Waals surface area contributed by atoms with Gasteiger partial charge in [-0.15, -0.1) is 0 Å². The summed E-state index contributed by atoms with van der Waals surface area (Å²) in [7, 11) is 1.69. The third-order valence-electron chi connectivity index (χ3n) is 4.91. The molecule has 0 amide bonds. The molecule has 8 heteroatoms. The zero-order valence-corrected chi connectivity index (χ0v) is 20.7. The van der Waals surface area contributed by atoms with Crippen LogP contribution in [0.25, 0.3) is 11.2 Å². The van der Waals surface area contributed by atoms with Crippen LogP contribution in [0.3, 0.4) is 0 Å². The number of hydrogen-bond donors (Lipinski definition) is 1. The van der Waals surface area contributed by atoms with Crippen molar-refractivity contribution < 1.29 is 4.74 Å². The summed E-state index contributed by atoms with van der Waals surface area (Å²) >= 11 is 4.01. The van der Waals surface area contributed by atoms with Gasteiger partial charge in [-0.25, -0.2) is 15.0 Å². The smallest absolute Gasteiger partial charge is 0.175 e. The molecule has 0 unspecified atom stereocenters. The van der Waals surface area contributed by atoms with Gasteiger partial charge in [0.15, 0.2) is 10.8 Å². The molecular weight excluding hydrogens is 509 g/mol. The maximum atomic E-state index is 5.40. The van der Waals surface area contributed by atoms with Crippen LogP contribution in [-0.4, -0.2) is 39.7 Å². The van der Waals surface area contributed by atoms with Gasteiger partial charge in [0.25, 0.3) is 0 Å². The van der Waals surface area contributed by atoms with Gasteiger partial charge in [-0.05, 0) is 66.7 Å². The number of halogens is 1. The van der Waals surface area contributed by atoms with Gasteiger partial charge in [0.2, 0.25) is 0 Å². The van der Waals surface area contributed by atoms with Crippen molar-refractivity contribution in [2.24, 2.45) is 0 Å². The summed E-state index contributed by atoms with van der Waals surface area (Å²) < 4.78 is 8.78. The molecule has 3 rings (SSSR count). The van der Waals surface area contributed by atoms with Gasteiger partial charge in [-0.2, -0.15) is 0 Å². The molecule has 6 nitrogen and oxygen atoms in total. The lowest BCUT2D eigenvalue weighted by Crippen LogP contribution is -2.18. The second kappa shape index (κ2) is 12.5. The minimum Gasteiger partial charge on any atom is -0.497 e. The number of fused-ring (bicyclic) bond motifs is 1. The monoisotopic (exact) mass is 539 g/mol. The van der Waals surface area contributed by atoms with Crippen molar-refractivity contribution in [2.45, 2.75) is 62.0 Å². The first-order valence-corrected chi connectivity index (χ1v) is 12.5. The van der Waals surface area contributed by atoms with Crippen LogP contribution in [0.15, 0.2) is 40.8 Å². The molecule has 2 aromatic heterocycles. The number of imidazole rings is 1. The van der Waals surface area contributed by atoms with Gasteiger partial charge in [0, 0.05) is 15.0 Å². The first kappa shape index (κ1) is 23.3. The highest BCUT2D eigenvalue weighted by Crippen LogP contribution is 2.34. The fraction of sp³-hybridized carbons (Fsp3) is 0.500. The zero-order chi connectivity index (χ0) is 21.2. The minimum absolute atomic E-state index is 0.835. The number of hydrogen-bond acceptors (Lipinski definition) is 6. The third-order valence-corrected chi connectivity index (χ3v) is 7.27. The van der Waals surface area contributed by atoms with Crippen LogP contribution in [0.4, 0.5) is 0 Å². The lowest BCUT2D eigenvalue weighted by atomic mass is 10.1. The Morgan fingerprint density at radius 1 is 1.13 bits per heavy atom. The topological polar surface area (TPSA) is 64.9 Å². The van der Waals surface area contributed by atoms with Crippen molar-refractivity contribution in [1.29, 1.82) is 0 Å². The highest BCUT2D eigenvalue weighted by Gasteiger charge is 2.15. The predicted molar refractivity (Wildman–Crippen MR) is 131 cm³/mol. The molecule has 0 aliphatic heterocycles. The molecule has 0 saturated carbocycles. The van der Waals surface area contributed by atoms with E-state index in [9.17, 15) is 0 Å². The number of ether oxygens (including phenoxy) is 1. The molecule has 1 N–H and O–H groups in total. The van der Waals surface area contributed by atoms with Crippen molar-refractivity contribution in [3.63, 3.8) is 0 Å². The Morgan fingerprint density at radius 2 is 1.97 bits per heavy atom. The normalized spacial score (nSPS) is 11.3. The number of nitrogens with one attached hydrogen (secondary N) is 1. The van der Waals surface area contributed by atoms with Crippen LogP contribution in [0.5, 0.6) is 5.75 Å². The van der Waals surface area contributed by atoms with Crippen molar-refractivity contribution >= 4 is 45.5 Å². The molecule has 3 aromatic rings. The lowest BCUT2D eigenvalue weighted by molar-refractivity contribution is 0.413. The molecule has 0 saturated heterocycles.